The molecule has 0 radical (unpaired) electrons. The Balaban J connectivity index is 2.39. The van der Waals surface area contributed by atoms with Gasteiger partial charge in [-0.15, -0.1) is 11.3 Å². The number of benzene rings is 1. The summed E-state index contributed by atoms with van der Waals surface area (Å²) >= 11 is 8.46. The lowest BCUT2D eigenvalue weighted by Gasteiger charge is -2.28. The van der Waals surface area contributed by atoms with E-state index in [9.17, 15) is 10.4 Å². The Kier molecular flexibility index (Phi) is 5.25. The zero-order chi connectivity index (χ0) is 15.5. The second-order valence-electron chi connectivity index (χ2n) is 4.69. The number of thioether (sulfide) groups is 1. The Bertz CT molecular complexity index is 655. The molecular weight excluding hydrogens is 326 g/mol. The van der Waals surface area contributed by atoms with Crippen LogP contribution in [0.3, 0.4) is 0 Å². The van der Waals surface area contributed by atoms with Crippen molar-refractivity contribution < 1.29 is 5.11 Å². The van der Waals surface area contributed by atoms with Gasteiger partial charge in [-0.1, -0.05) is 23.4 Å². The lowest BCUT2D eigenvalue weighted by molar-refractivity contribution is 0.124. The van der Waals surface area contributed by atoms with E-state index < -0.39 is 4.93 Å². The number of hydrogen-bond donors (Lipinski definition) is 2. The number of hydrogen-bond acceptors (Lipinski definition) is 6. The van der Waals surface area contributed by atoms with Gasteiger partial charge in [0.1, 0.15) is 6.07 Å². The van der Waals surface area contributed by atoms with Crippen LogP contribution in [0.5, 0.6) is 0 Å². The van der Waals surface area contributed by atoms with Gasteiger partial charge >= 0.3 is 0 Å². The van der Waals surface area contributed by atoms with Crippen molar-refractivity contribution >= 4 is 34.7 Å². The lowest BCUT2D eigenvalue weighted by atomic mass is 10.1. The molecule has 0 saturated heterocycles. The number of nitriles is 1. The number of aliphatic hydroxyl groups is 1. The first-order chi connectivity index (χ1) is 9.94. The summed E-state index contributed by atoms with van der Waals surface area (Å²) in [5.74, 6) is 0. The third-order valence-corrected chi connectivity index (χ3v) is 5.35. The molecule has 0 unspecified atom stereocenters. The Morgan fingerprint density at radius 3 is 2.95 bits per heavy atom. The van der Waals surface area contributed by atoms with Crippen LogP contribution in [0.25, 0.3) is 0 Å². The van der Waals surface area contributed by atoms with Gasteiger partial charge in [-0.2, -0.15) is 5.26 Å². The van der Waals surface area contributed by atoms with E-state index in [0.717, 1.165) is 0 Å². The molecule has 0 aliphatic heterocycles. The summed E-state index contributed by atoms with van der Waals surface area (Å²) in [5, 5.41) is 20.7. The van der Waals surface area contributed by atoms with Crippen LogP contribution in [0.15, 0.2) is 34.8 Å². The van der Waals surface area contributed by atoms with Gasteiger partial charge in [0, 0.05) is 28.6 Å². The van der Waals surface area contributed by atoms with E-state index in [1.807, 2.05) is 6.92 Å². The molecular formula is C14H14ClN3OS2. The Morgan fingerprint density at radius 2 is 2.38 bits per heavy atom. The number of halogens is 1. The lowest BCUT2D eigenvalue weighted by Crippen LogP contribution is -2.30. The zero-order valence-corrected chi connectivity index (χ0v) is 13.7. The first-order valence-electron chi connectivity index (χ1n) is 6.20. The van der Waals surface area contributed by atoms with Crippen LogP contribution in [0.4, 0.5) is 0 Å². The molecule has 7 heteroatoms. The van der Waals surface area contributed by atoms with E-state index in [4.69, 9.17) is 17.3 Å². The summed E-state index contributed by atoms with van der Waals surface area (Å²) in [6.45, 7) is 1.83. The second-order valence-corrected chi connectivity index (χ2v) is 7.33. The van der Waals surface area contributed by atoms with Crippen molar-refractivity contribution in [2.45, 2.75) is 29.2 Å². The van der Waals surface area contributed by atoms with E-state index in [2.05, 4.69) is 11.1 Å². The number of nitrogens with zero attached hydrogens (tertiary/aromatic N) is 2. The normalized spacial score (nSPS) is 15.2. The maximum absolute atomic E-state index is 11.0. The fourth-order valence-electron chi connectivity index (χ4n) is 1.90. The average molecular weight is 340 g/mol. The molecule has 2 rings (SSSR count). The van der Waals surface area contributed by atoms with Crippen molar-refractivity contribution in [2.24, 2.45) is 5.73 Å². The van der Waals surface area contributed by atoms with Crippen molar-refractivity contribution in [3.8, 4) is 6.07 Å². The van der Waals surface area contributed by atoms with Gasteiger partial charge in [0.15, 0.2) is 4.93 Å². The molecule has 0 spiro atoms. The molecule has 3 N–H and O–H groups in total. The Morgan fingerprint density at radius 1 is 1.62 bits per heavy atom. The smallest absolute Gasteiger partial charge is 0.152 e. The predicted octanol–water partition coefficient (Wildman–Crippen LogP) is 3.34. The van der Waals surface area contributed by atoms with Crippen LogP contribution in [0, 0.1) is 11.3 Å². The number of thiazole rings is 1. The largest absolute Gasteiger partial charge is 0.374 e. The molecule has 0 fully saturated rings. The quantitative estimate of drug-likeness (QED) is 0.644. The average Bonchev–Trinajstić information content (AvgIpc) is 2.94. The standard InChI is InChI=1S/C14H14ClN3OS2/c1-9(17)5-14(19,13-7-18-8-20-13)21-12-3-2-11(15)4-10(12)6-16/h2-4,7-9,19H,5,17H2,1H3/t9-,14+/m0/s1. The van der Waals surface area contributed by atoms with Crippen molar-refractivity contribution in [2.75, 3.05) is 0 Å². The van der Waals surface area contributed by atoms with Gasteiger partial charge in [-0.25, -0.2) is 0 Å². The summed E-state index contributed by atoms with van der Waals surface area (Å²) < 4.78 is 0. The first kappa shape index (κ1) is 16.3. The van der Waals surface area contributed by atoms with E-state index in [0.29, 0.717) is 26.8 Å². The number of aromatic nitrogens is 1. The molecule has 0 aliphatic carbocycles. The molecule has 0 saturated carbocycles. The molecule has 2 aromatic rings. The topological polar surface area (TPSA) is 82.9 Å². The SMILES string of the molecule is C[C@H](N)C[C@@](O)(Sc1ccc(Cl)cc1C#N)c1cncs1. The third-order valence-electron chi connectivity index (χ3n) is 2.76. The highest BCUT2D eigenvalue weighted by molar-refractivity contribution is 8.00. The Hall–Kier alpha value is -1.10. The zero-order valence-electron chi connectivity index (χ0n) is 11.3. The summed E-state index contributed by atoms with van der Waals surface area (Å²) in [5.41, 5.74) is 7.95. The van der Waals surface area contributed by atoms with Crippen molar-refractivity contribution in [1.29, 1.82) is 5.26 Å². The third kappa shape index (κ3) is 3.96. The van der Waals surface area contributed by atoms with Crippen molar-refractivity contribution in [1.82, 2.24) is 4.98 Å². The maximum atomic E-state index is 11.0. The number of nitrogens with two attached hydrogens (primary N) is 1. The van der Waals surface area contributed by atoms with Crippen molar-refractivity contribution in [3.05, 3.63) is 45.4 Å². The van der Waals surface area contributed by atoms with Crippen LogP contribution >= 0.6 is 34.7 Å². The number of rotatable bonds is 5. The fraction of sp³-hybridized carbons (Fsp3) is 0.286. The summed E-state index contributed by atoms with van der Waals surface area (Å²) in [7, 11) is 0. The second kappa shape index (κ2) is 6.77. The highest BCUT2D eigenvalue weighted by Crippen LogP contribution is 2.45. The summed E-state index contributed by atoms with van der Waals surface area (Å²) in [6.07, 6.45) is 1.98. The van der Waals surface area contributed by atoms with Crippen LogP contribution < -0.4 is 5.73 Å². The molecule has 2 atom stereocenters. The van der Waals surface area contributed by atoms with Gasteiger partial charge < -0.3 is 10.8 Å². The van der Waals surface area contributed by atoms with Gasteiger partial charge in [0.2, 0.25) is 0 Å². The molecule has 0 amide bonds. The van der Waals surface area contributed by atoms with E-state index in [1.54, 1.807) is 29.9 Å². The monoisotopic (exact) mass is 339 g/mol. The minimum Gasteiger partial charge on any atom is -0.374 e. The molecule has 21 heavy (non-hydrogen) atoms. The maximum Gasteiger partial charge on any atom is 0.152 e. The molecule has 1 aromatic heterocycles. The van der Waals surface area contributed by atoms with Crippen LogP contribution in [-0.2, 0) is 4.93 Å². The molecule has 0 bridgehead atoms. The van der Waals surface area contributed by atoms with Crippen LogP contribution in [0.1, 0.15) is 23.8 Å². The minimum atomic E-state index is -1.21. The molecule has 0 aliphatic rings. The van der Waals surface area contributed by atoms with Gasteiger partial charge in [0.05, 0.1) is 16.0 Å². The van der Waals surface area contributed by atoms with E-state index >= 15 is 0 Å². The summed E-state index contributed by atoms with van der Waals surface area (Å²) in [6, 6.07) is 6.92. The van der Waals surface area contributed by atoms with Gasteiger partial charge in [-0.05, 0) is 25.1 Å². The molecule has 1 aromatic carbocycles. The highest BCUT2D eigenvalue weighted by Gasteiger charge is 2.34. The Labute approximate surface area is 136 Å². The fourth-order valence-corrected chi connectivity index (χ4v) is 4.18. The van der Waals surface area contributed by atoms with E-state index in [-0.39, 0.29) is 6.04 Å². The predicted molar refractivity (Wildman–Crippen MR) is 86.3 cm³/mol. The van der Waals surface area contributed by atoms with Crippen molar-refractivity contribution in [3.63, 3.8) is 0 Å². The first-order valence-corrected chi connectivity index (χ1v) is 8.27. The van der Waals surface area contributed by atoms with Crippen LogP contribution in [-0.4, -0.2) is 16.1 Å². The van der Waals surface area contributed by atoms with E-state index in [1.165, 1.54) is 23.1 Å². The molecule has 4 nitrogen and oxygen atoms in total. The van der Waals surface area contributed by atoms with Crippen LogP contribution in [0.2, 0.25) is 5.02 Å². The minimum absolute atomic E-state index is 0.192. The summed E-state index contributed by atoms with van der Waals surface area (Å²) in [4.78, 5) is 4.18. The van der Waals surface area contributed by atoms with Gasteiger partial charge in [-0.3, -0.25) is 4.98 Å². The van der Waals surface area contributed by atoms with Gasteiger partial charge in [0.25, 0.3) is 0 Å². The highest BCUT2D eigenvalue weighted by atomic mass is 35.5. The molecule has 1 heterocycles. The molecule has 110 valence electrons.